The zero-order chi connectivity index (χ0) is 15.2. The molecule has 3 heteroatoms. The van der Waals surface area contributed by atoms with E-state index >= 15 is 0 Å². The molecule has 2 aromatic carbocycles. The number of rotatable bonds is 5. The van der Waals surface area contributed by atoms with E-state index in [1.165, 1.54) is 11.1 Å². The predicted molar refractivity (Wildman–Crippen MR) is 91.5 cm³/mol. The van der Waals surface area contributed by atoms with E-state index in [0.717, 1.165) is 32.7 Å². The van der Waals surface area contributed by atoms with Gasteiger partial charge in [-0.2, -0.15) is 0 Å². The quantitative estimate of drug-likeness (QED) is 0.915. The highest BCUT2D eigenvalue weighted by Crippen LogP contribution is 2.29. The summed E-state index contributed by atoms with van der Waals surface area (Å²) in [6.45, 7) is 7.53. The molecule has 0 saturated carbocycles. The van der Waals surface area contributed by atoms with E-state index in [2.05, 4.69) is 82.9 Å². The van der Waals surface area contributed by atoms with Crippen LogP contribution in [0.1, 0.15) is 24.1 Å². The molecule has 1 N–H and O–H groups in total. The summed E-state index contributed by atoms with van der Waals surface area (Å²) in [5, 5.41) is 8.46. The maximum absolute atomic E-state index is 3.44. The summed E-state index contributed by atoms with van der Waals surface area (Å²) in [4.78, 5) is 0. The van der Waals surface area contributed by atoms with Crippen LogP contribution in [0.2, 0.25) is 0 Å². The van der Waals surface area contributed by atoms with Crippen LogP contribution in [0.3, 0.4) is 0 Å². The second kappa shape index (κ2) is 7.54. The summed E-state index contributed by atoms with van der Waals surface area (Å²) in [7, 11) is 0. The minimum Gasteiger partial charge on any atom is -0.314 e. The summed E-state index contributed by atoms with van der Waals surface area (Å²) in [5.41, 5.74) is 2.71. The first-order valence-electron chi connectivity index (χ1n) is 8.22. The van der Waals surface area contributed by atoms with Crippen LogP contribution in [0.15, 0.2) is 60.7 Å². The van der Waals surface area contributed by atoms with E-state index in [1.54, 1.807) is 0 Å². The molecule has 3 nitrogen and oxygen atoms in total. The van der Waals surface area contributed by atoms with E-state index in [0.29, 0.717) is 0 Å². The summed E-state index contributed by atoms with van der Waals surface area (Å²) in [5.74, 6) is 0. The molecule has 1 heterocycles. The second-order valence-corrected chi connectivity index (χ2v) is 5.68. The lowest BCUT2D eigenvalue weighted by molar-refractivity contribution is -0.0542. The number of hydrazine groups is 1. The van der Waals surface area contributed by atoms with Crippen molar-refractivity contribution in [3.8, 4) is 0 Å². The van der Waals surface area contributed by atoms with E-state index in [4.69, 9.17) is 0 Å². The van der Waals surface area contributed by atoms with Crippen molar-refractivity contribution in [2.24, 2.45) is 0 Å². The molecule has 1 aliphatic heterocycles. The molecule has 0 aromatic heterocycles. The number of piperazine rings is 1. The van der Waals surface area contributed by atoms with Gasteiger partial charge in [0.2, 0.25) is 0 Å². The molecule has 0 aliphatic carbocycles. The van der Waals surface area contributed by atoms with Gasteiger partial charge in [0, 0.05) is 32.7 Å². The molecular weight excluding hydrogens is 270 g/mol. The molecule has 22 heavy (non-hydrogen) atoms. The zero-order valence-corrected chi connectivity index (χ0v) is 13.3. The molecule has 1 aliphatic rings. The van der Waals surface area contributed by atoms with Crippen LogP contribution in [0.5, 0.6) is 0 Å². The van der Waals surface area contributed by atoms with Crippen molar-refractivity contribution in [2.75, 3.05) is 32.7 Å². The van der Waals surface area contributed by atoms with E-state index in [-0.39, 0.29) is 6.04 Å². The van der Waals surface area contributed by atoms with Gasteiger partial charge in [-0.25, -0.2) is 10.0 Å². The number of benzene rings is 2. The first-order valence-corrected chi connectivity index (χ1v) is 8.22. The Morgan fingerprint density at radius 3 is 1.86 bits per heavy atom. The van der Waals surface area contributed by atoms with Crippen molar-refractivity contribution in [3.05, 3.63) is 71.8 Å². The summed E-state index contributed by atoms with van der Waals surface area (Å²) in [6, 6.07) is 22.0. The van der Waals surface area contributed by atoms with Crippen molar-refractivity contribution in [1.29, 1.82) is 0 Å². The third-order valence-electron chi connectivity index (χ3n) is 4.31. The summed E-state index contributed by atoms with van der Waals surface area (Å²) in [6.07, 6.45) is 0. The van der Waals surface area contributed by atoms with Crippen molar-refractivity contribution in [2.45, 2.75) is 13.0 Å². The van der Waals surface area contributed by atoms with E-state index in [9.17, 15) is 0 Å². The monoisotopic (exact) mass is 295 g/mol. The van der Waals surface area contributed by atoms with Gasteiger partial charge in [-0.3, -0.25) is 0 Å². The van der Waals surface area contributed by atoms with Gasteiger partial charge in [0.25, 0.3) is 0 Å². The molecule has 2 aromatic rings. The highest BCUT2D eigenvalue weighted by molar-refractivity contribution is 5.31. The molecule has 0 radical (unpaired) electrons. The highest BCUT2D eigenvalue weighted by atomic mass is 15.6. The number of hydrogen-bond acceptors (Lipinski definition) is 3. The fourth-order valence-corrected chi connectivity index (χ4v) is 3.26. The Balaban J connectivity index is 1.96. The molecule has 0 bridgehead atoms. The minimum absolute atomic E-state index is 0.283. The van der Waals surface area contributed by atoms with Gasteiger partial charge in [0.1, 0.15) is 0 Å². The van der Waals surface area contributed by atoms with E-state index in [1.807, 2.05) is 0 Å². The maximum atomic E-state index is 3.44. The third-order valence-corrected chi connectivity index (χ3v) is 4.31. The number of nitrogens with zero attached hydrogens (tertiary/aromatic N) is 2. The van der Waals surface area contributed by atoms with Crippen LogP contribution >= 0.6 is 0 Å². The van der Waals surface area contributed by atoms with E-state index < -0.39 is 0 Å². The SMILES string of the molecule is CCN(C(c1ccccc1)c1ccccc1)N1CCNCC1. The topological polar surface area (TPSA) is 18.5 Å². The van der Waals surface area contributed by atoms with Crippen molar-refractivity contribution in [1.82, 2.24) is 15.3 Å². The summed E-state index contributed by atoms with van der Waals surface area (Å²) < 4.78 is 0. The summed E-state index contributed by atoms with van der Waals surface area (Å²) >= 11 is 0. The van der Waals surface area contributed by atoms with Gasteiger partial charge >= 0.3 is 0 Å². The molecule has 0 atom stereocenters. The van der Waals surface area contributed by atoms with Gasteiger partial charge in [-0.15, -0.1) is 0 Å². The second-order valence-electron chi connectivity index (χ2n) is 5.68. The Morgan fingerprint density at radius 1 is 0.909 bits per heavy atom. The van der Waals surface area contributed by atoms with Crippen LogP contribution in [-0.4, -0.2) is 42.7 Å². The third kappa shape index (κ3) is 3.38. The van der Waals surface area contributed by atoms with Gasteiger partial charge in [-0.1, -0.05) is 67.6 Å². The van der Waals surface area contributed by atoms with Crippen LogP contribution in [0, 0.1) is 0 Å². The zero-order valence-electron chi connectivity index (χ0n) is 13.3. The first-order chi connectivity index (χ1) is 10.9. The Kier molecular flexibility index (Phi) is 5.22. The first kappa shape index (κ1) is 15.2. The minimum atomic E-state index is 0.283. The lowest BCUT2D eigenvalue weighted by Gasteiger charge is -2.42. The molecular formula is C19H25N3. The lowest BCUT2D eigenvalue weighted by atomic mass is 9.98. The fourth-order valence-electron chi connectivity index (χ4n) is 3.26. The van der Waals surface area contributed by atoms with Gasteiger partial charge < -0.3 is 5.32 Å². The van der Waals surface area contributed by atoms with Crippen LogP contribution in [0.4, 0.5) is 0 Å². The largest absolute Gasteiger partial charge is 0.314 e. The molecule has 0 amide bonds. The molecule has 0 spiro atoms. The van der Waals surface area contributed by atoms with Crippen molar-refractivity contribution >= 4 is 0 Å². The molecule has 0 unspecified atom stereocenters. The van der Waals surface area contributed by atoms with Crippen LogP contribution in [0.25, 0.3) is 0 Å². The maximum Gasteiger partial charge on any atom is 0.0745 e. The fraction of sp³-hybridized carbons (Fsp3) is 0.368. The lowest BCUT2D eigenvalue weighted by Crippen LogP contribution is -2.53. The van der Waals surface area contributed by atoms with Gasteiger partial charge in [0.15, 0.2) is 0 Å². The van der Waals surface area contributed by atoms with Crippen molar-refractivity contribution in [3.63, 3.8) is 0 Å². The van der Waals surface area contributed by atoms with Gasteiger partial charge in [0.05, 0.1) is 6.04 Å². The highest BCUT2D eigenvalue weighted by Gasteiger charge is 2.26. The Hall–Kier alpha value is -1.68. The van der Waals surface area contributed by atoms with Crippen molar-refractivity contribution < 1.29 is 0 Å². The molecule has 1 saturated heterocycles. The average molecular weight is 295 g/mol. The number of nitrogens with one attached hydrogen (secondary N) is 1. The normalized spacial score (nSPS) is 16.3. The Labute approximate surface area is 133 Å². The Morgan fingerprint density at radius 2 is 1.41 bits per heavy atom. The molecule has 3 rings (SSSR count). The van der Waals surface area contributed by atoms with Crippen LogP contribution < -0.4 is 5.32 Å². The predicted octanol–water partition coefficient (Wildman–Crippen LogP) is 2.92. The average Bonchev–Trinajstić information content (AvgIpc) is 2.62. The van der Waals surface area contributed by atoms with Gasteiger partial charge in [-0.05, 0) is 11.1 Å². The smallest absolute Gasteiger partial charge is 0.0745 e. The molecule has 1 fully saturated rings. The Bertz CT molecular complexity index is 510. The number of hydrogen-bond donors (Lipinski definition) is 1. The standard InChI is InChI=1S/C19H25N3/c1-2-22(21-15-13-20-14-16-21)19(17-9-5-3-6-10-17)18-11-7-4-8-12-18/h3-12,19-20H,2,13-16H2,1H3. The molecule has 116 valence electrons. The van der Waals surface area contributed by atoms with Crippen LogP contribution in [-0.2, 0) is 0 Å².